The Kier molecular flexibility index (Phi) is 16.3. The van der Waals surface area contributed by atoms with Gasteiger partial charge in [0.15, 0.2) is 12.1 Å². The highest BCUT2D eigenvalue weighted by atomic mass is 16.7. The summed E-state index contributed by atoms with van der Waals surface area (Å²) < 4.78 is 32.1. The lowest BCUT2D eigenvalue weighted by atomic mass is 9.76. The van der Waals surface area contributed by atoms with Gasteiger partial charge in [0, 0.05) is 43.6 Å². The second kappa shape index (κ2) is 20.1. The van der Waals surface area contributed by atoms with Gasteiger partial charge in [-0.05, 0) is 84.7 Å². The molecule has 16 nitrogen and oxygen atoms in total. The van der Waals surface area contributed by atoms with Crippen molar-refractivity contribution in [1.29, 1.82) is 0 Å². The zero-order valence-corrected chi connectivity index (χ0v) is 35.9. The summed E-state index contributed by atoms with van der Waals surface area (Å²) in [5.74, 6) is -4.85. The van der Waals surface area contributed by atoms with Crippen molar-refractivity contribution >= 4 is 35.0 Å². The molecule has 58 heavy (non-hydrogen) atoms. The molecule has 0 saturated carbocycles. The maximum Gasteiger partial charge on any atom is 0.316 e. The summed E-state index contributed by atoms with van der Waals surface area (Å²) in [6, 6.07) is 6.51. The first-order chi connectivity index (χ1) is 27.2. The van der Waals surface area contributed by atoms with E-state index in [1.807, 2.05) is 32.8 Å². The Morgan fingerprint density at radius 2 is 1.74 bits per heavy atom. The number of nitrogens with zero attached hydrogens (tertiary/aromatic N) is 3. The summed E-state index contributed by atoms with van der Waals surface area (Å²) in [7, 11) is 5.27. The quantitative estimate of drug-likeness (QED) is 0.196. The van der Waals surface area contributed by atoms with Crippen molar-refractivity contribution in [2.75, 3.05) is 34.4 Å². The molecule has 0 unspecified atom stereocenters. The van der Waals surface area contributed by atoms with Gasteiger partial charge in [0.2, 0.25) is 5.91 Å². The van der Waals surface area contributed by atoms with Gasteiger partial charge >= 0.3 is 5.97 Å². The van der Waals surface area contributed by atoms with Crippen molar-refractivity contribution in [3.05, 3.63) is 35.4 Å². The Bertz CT molecular complexity index is 1670. The third kappa shape index (κ3) is 11.3. The number of nitrogens with one attached hydrogen (secondary N) is 1. The predicted octanol–water partition coefficient (Wildman–Crippen LogP) is 3.24. The summed E-state index contributed by atoms with van der Waals surface area (Å²) in [6.07, 6.45) is -5.17. The molecule has 16 heteroatoms. The molecule has 1 aromatic rings. The molecule has 12 atom stereocenters. The fraction of sp³-hybridized carbons (Fsp3) is 0.714. The van der Waals surface area contributed by atoms with E-state index in [4.69, 9.17) is 28.5 Å². The van der Waals surface area contributed by atoms with Gasteiger partial charge < -0.3 is 49.0 Å². The number of likely N-dealkylation sites (N-methyl/N-ethyl adjacent to an activating group) is 1. The van der Waals surface area contributed by atoms with E-state index in [2.05, 4.69) is 15.5 Å². The molecule has 0 aliphatic carbocycles. The molecule has 0 radical (unpaired) electrons. The molecule has 3 heterocycles. The molecule has 324 valence electrons. The average Bonchev–Trinajstić information content (AvgIpc) is 3.19. The second-order valence-electron chi connectivity index (χ2n) is 16.6. The maximum absolute atomic E-state index is 14.4. The highest BCUT2D eigenvalue weighted by molar-refractivity contribution is 6.00. The monoisotopic (exact) mass is 816 g/mol. The van der Waals surface area contributed by atoms with Gasteiger partial charge in [-0.15, -0.1) is 0 Å². The molecular formula is C42H64N4O12. The van der Waals surface area contributed by atoms with Crippen LogP contribution in [0, 0.1) is 17.8 Å². The molecule has 3 N–H and O–H groups in total. The van der Waals surface area contributed by atoms with Crippen molar-refractivity contribution < 1.29 is 57.9 Å². The first-order valence-electron chi connectivity index (χ1n) is 20.2. The number of esters is 1. The molecule has 2 amide bonds. The zero-order valence-electron chi connectivity index (χ0n) is 35.9. The van der Waals surface area contributed by atoms with E-state index in [0.717, 1.165) is 5.56 Å². The van der Waals surface area contributed by atoms with E-state index in [0.29, 0.717) is 17.7 Å². The number of benzene rings is 1. The van der Waals surface area contributed by atoms with Crippen LogP contribution in [0.25, 0.3) is 0 Å². The molecule has 1 aromatic carbocycles. The van der Waals surface area contributed by atoms with Gasteiger partial charge in [0.25, 0.3) is 5.91 Å². The first-order valence-corrected chi connectivity index (χ1v) is 20.2. The van der Waals surface area contributed by atoms with Crippen LogP contribution in [0.15, 0.2) is 34.4 Å². The molecular weight excluding hydrogens is 752 g/mol. The Morgan fingerprint density at radius 1 is 1.07 bits per heavy atom. The second-order valence-corrected chi connectivity index (χ2v) is 16.6. The molecule has 3 fully saturated rings. The molecule has 3 aliphatic rings. The van der Waals surface area contributed by atoms with Gasteiger partial charge in [0.1, 0.15) is 36.0 Å². The number of fused-ring (bicyclic) bond motifs is 5. The topological polar surface area (TPSA) is 204 Å². The van der Waals surface area contributed by atoms with Gasteiger partial charge in [-0.1, -0.05) is 38.1 Å². The number of Topliss-reactive ketones (excluding diaryl/α,β-unsaturated/α-hetero) is 1. The third-order valence-corrected chi connectivity index (χ3v) is 11.6. The van der Waals surface area contributed by atoms with Crippen LogP contribution in [-0.4, -0.2) is 139 Å². The lowest BCUT2D eigenvalue weighted by molar-refractivity contribution is -0.296. The predicted molar refractivity (Wildman–Crippen MR) is 214 cm³/mol. The molecule has 0 aromatic heterocycles. The maximum atomic E-state index is 14.4. The van der Waals surface area contributed by atoms with Crippen molar-refractivity contribution in [3.63, 3.8) is 0 Å². The van der Waals surface area contributed by atoms with Crippen LogP contribution in [-0.2, 0) is 49.5 Å². The van der Waals surface area contributed by atoms with Crippen LogP contribution >= 0.6 is 0 Å². The van der Waals surface area contributed by atoms with Gasteiger partial charge in [0.05, 0.1) is 37.1 Å². The molecule has 4 rings (SSSR count). The minimum atomic E-state index is -1.84. The minimum Gasteiger partial charge on any atom is -0.459 e. The van der Waals surface area contributed by atoms with Crippen molar-refractivity contribution in [1.82, 2.24) is 10.2 Å². The van der Waals surface area contributed by atoms with Crippen LogP contribution < -0.4 is 5.32 Å². The number of carbonyl (C=O) groups is 4. The van der Waals surface area contributed by atoms with Crippen LogP contribution in [0.5, 0.6) is 0 Å². The number of hydrogen-bond donors (Lipinski definition) is 3. The van der Waals surface area contributed by atoms with E-state index in [1.54, 1.807) is 52.1 Å². The lowest BCUT2D eigenvalue weighted by Crippen LogP contribution is -2.59. The highest BCUT2D eigenvalue weighted by Gasteiger charge is 2.51. The van der Waals surface area contributed by atoms with Crippen molar-refractivity contribution in [2.24, 2.45) is 27.9 Å². The number of aliphatic hydroxyl groups excluding tert-OH is 1. The van der Waals surface area contributed by atoms with E-state index >= 15 is 0 Å². The summed E-state index contributed by atoms with van der Waals surface area (Å²) in [4.78, 5) is 65.0. The largest absolute Gasteiger partial charge is 0.459 e. The molecule has 2 bridgehead atoms. The Hall–Kier alpha value is -3.64. The van der Waals surface area contributed by atoms with Crippen LogP contribution in [0.1, 0.15) is 97.0 Å². The smallest absolute Gasteiger partial charge is 0.316 e. The average molecular weight is 817 g/mol. The number of carbonyl (C=O) groups excluding carboxylic acids is 4. The van der Waals surface area contributed by atoms with E-state index in [9.17, 15) is 29.4 Å². The van der Waals surface area contributed by atoms with Crippen LogP contribution in [0.3, 0.4) is 0 Å². The van der Waals surface area contributed by atoms with Gasteiger partial charge in [-0.25, -0.2) is 4.99 Å². The van der Waals surface area contributed by atoms with Crippen molar-refractivity contribution in [3.8, 4) is 0 Å². The number of oxime groups is 1. The lowest BCUT2D eigenvalue weighted by Gasteiger charge is -2.47. The third-order valence-electron chi connectivity index (χ3n) is 11.6. The molecule has 3 saturated heterocycles. The Morgan fingerprint density at radius 3 is 2.34 bits per heavy atom. The number of amides is 2. The van der Waals surface area contributed by atoms with Crippen LogP contribution in [0.4, 0.5) is 0 Å². The minimum absolute atomic E-state index is 0.0353. The number of ether oxygens (including phenoxy) is 5. The SMILES string of the molecule is CC[C@H]1OC(=O)[C@H](C)C(=O)[C@H](C)[C@@H](O[C@@H]2O[C@H](C)C[C@H](N(C)C)[C@H]2O)[C@@]2(C)C[C@@H](C)C(=NC(C)=O)C[C@@H](OC/C(=N/OCc3ccc(C(=O)NC)cc3)CO2)[C@]1(C)O. The number of rotatable bonds is 8. The van der Waals surface area contributed by atoms with E-state index < -0.39 is 77.3 Å². The summed E-state index contributed by atoms with van der Waals surface area (Å²) in [5.41, 5.74) is -1.35. The number of aliphatic imine (C=N–C) groups is 1. The van der Waals surface area contributed by atoms with E-state index in [-0.39, 0.29) is 62.8 Å². The zero-order chi connectivity index (χ0) is 43.1. The molecule has 0 spiro atoms. The van der Waals surface area contributed by atoms with Gasteiger partial charge in [-0.2, -0.15) is 0 Å². The normalized spacial score (nSPS) is 37.1. The summed E-state index contributed by atoms with van der Waals surface area (Å²) in [5, 5.41) is 30.8. The number of ketones is 1. The van der Waals surface area contributed by atoms with Gasteiger partial charge in [-0.3, -0.25) is 19.2 Å². The summed E-state index contributed by atoms with van der Waals surface area (Å²) in [6.45, 7) is 12.8. The fourth-order valence-electron chi connectivity index (χ4n) is 8.12. The Labute approximate surface area is 342 Å². The Balaban J connectivity index is 1.88. The van der Waals surface area contributed by atoms with Crippen molar-refractivity contribution in [2.45, 2.75) is 142 Å². The summed E-state index contributed by atoms with van der Waals surface area (Å²) >= 11 is 0. The molecule has 3 aliphatic heterocycles. The number of hydrogen-bond acceptors (Lipinski definition) is 14. The first kappa shape index (κ1) is 47.0. The standard InChI is InChI=1S/C42H64N4O12/c1-12-33-42(8,52)34-18-31(44-27(6)47)23(2)19-41(7,54-22-30(21-53-34)45-55-20-28-13-15-29(16-14-28)38(50)43-9)37(25(4)35(48)26(5)39(51)57-33)58-40-36(49)32(46(10)11)17-24(3)56-40/h13-16,23-26,32-34,36-37,40,49,52H,12,17-22H2,1-11H3,(H,43,50)/b44-31?,45-30-/t23-,24-,25+,26-,32+,33-,34-,36-,37-,40+,41-,42-/m1/s1. The van der Waals surface area contributed by atoms with Crippen LogP contribution in [0.2, 0.25) is 0 Å². The fourth-order valence-corrected chi connectivity index (χ4v) is 8.12. The highest BCUT2D eigenvalue weighted by Crippen LogP contribution is 2.39. The van der Waals surface area contributed by atoms with E-state index in [1.165, 1.54) is 20.8 Å². The number of aliphatic hydroxyl groups is 2. The number of cyclic esters (lactones) is 1.